The van der Waals surface area contributed by atoms with E-state index in [0.717, 1.165) is 42.6 Å². The topological polar surface area (TPSA) is 56.6 Å². The highest BCUT2D eigenvalue weighted by molar-refractivity contribution is 5.39. The van der Waals surface area contributed by atoms with Gasteiger partial charge in [0.15, 0.2) is 5.65 Å². The summed E-state index contributed by atoms with van der Waals surface area (Å²) in [6.45, 7) is 12.0. The Hall–Kier alpha value is -1.66. The van der Waals surface area contributed by atoms with E-state index >= 15 is 0 Å². The van der Waals surface area contributed by atoms with E-state index in [1.807, 2.05) is 13.0 Å². The van der Waals surface area contributed by atoms with Gasteiger partial charge < -0.3 is 0 Å². The Kier molecular flexibility index (Phi) is 4.88. The van der Waals surface area contributed by atoms with E-state index in [-0.39, 0.29) is 5.56 Å². The summed E-state index contributed by atoms with van der Waals surface area (Å²) in [5, 5.41) is 3.04. The molecule has 2 aromatic rings. The molecule has 0 aromatic carbocycles. The molecule has 0 radical (unpaired) electrons. The SMILES string of the molecule is Cc1cc2nc(CN3CCCN(CC4CC4)C(C(C)C)C3)cc(=O)n2[nH]1. The maximum Gasteiger partial charge on any atom is 0.272 e. The highest BCUT2D eigenvalue weighted by Gasteiger charge is 2.32. The van der Waals surface area contributed by atoms with Crippen LogP contribution in [-0.2, 0) is 6.54 Å². The third-order valence-electron chi connectivity index (χ3n) is 5.81. The van der Waals surface area contributed by atoms with Crippen LogP contribution in [0.5, 0.6) is 0 Å². The second-order valence-corrected chi connectivity index (χ2v) is 8.56. The summed E-state index contributed by atoms with van der Waals surface area (Å²) >= 11 is 0. The Morgan fingerprint density at radius 1 is 1.27 bits per heavy atom. The van der Waals surface area contributed by atoms with Crippen molar-refractivity contribution >= 4 is 5.65 Å². The Bertz CT molecular complexity index is 819. The molecule has 0 spiro atoms. The molecule has 3 heterocycles. The van der Waals surface area contributed by atoms with Gasteiger partial charge in [0.25, 0.3) is 5.56 Å². The number of nitrogens with one attached hydrogen (secondary N) is 1. The number of aryl methyl sites for hydroxylation is 1. The van der Waals surface area contributed by atoms with Crippen molar-refractivity contribution in [2.45, 2.75) is 52.6 Å². The number of hydrogen-bond donors (Lipinski definition) is 1. The molecule has 4 rings (SSSR count). The largest absolute Gasteiger partial charge is 0.299 e. The number of rotatable bonds is 5. The highest BCUT2D eigenvalue weighted by Crippen LogP contribution is 2.32. The van der Waals surface area contributed by atoms with Gasteiger partial charge in [0.1, 0.15) is 0 Å². The van der Waals surface area contributed by atoms with Crippen LogP contribution in [0.15, 0.2) is 16.9 Å². The molecular weight excluding hydrogens is 326 g/mol. The van der Waals surface area contributed by atoms with Crippen LogP contribution in [0.4, 0.5) is 0 Å². The Balaban J connectivity index is 1.51. The van der Waals surface area contributed by atoms with Gasteiger partial charge in [0.2, 0.25) is 0 Å². The summed E-state index contributed by atoms with van der Waals surface area (Å²) in [6.07, 6.45) is 4.02. The van der Waals surface area contributed by atoms with Gasteiger partial charge in [-0.3, -0.25) is 19.7 Å². The lowest BCUT2D eigenvalue weighted by Crippen LogP contribution is -2.45. The van der Waals surface area contributed by atoms with Crippen LogP contribution >= 0.6 is 0 Å². The van der Waals surface area contributed by atoms with Crippen LogP contribution in [0.3, 0.4) is 0 Å². The molecule has 1 N–H and O–H groups in total. The van der Waals surface area contributed by atoms with Gasteiger partial charge in [0, 0.05) is 43.5 Å². The van der Waals surface area contributed by atoms with Gasteiger partial charge in [0.05, 0.1) is 5.69 Å². The van der Waals surface area contributed by atoms with E-state index in [1.165, 1.54) is 36.9 Å². The van der Waals surface area contributed by atoms with Crippen LogP contribution in [0.1, 0.15) is 44.5 Å². The van der Waals surface area contributed by atoms with Crippen molar-refractivity contribution in [3.63, 3.8) is 0 Å². The number of fused-ring (bicyclic) bond motifs is 1. The van der Waals surface area contributed by atoms with Crippen molar-refractivity contribution in [1.29, 1.82) is 0 Å². The lowest BCUT2D eigenvalue weighted by Gasteiger charge is -2.34. The molecule has 2 fully saturated rings. The standard InChI is InChI=1S/C20H31N5O/c1-14(2)18-13-23(7-4-8-24(18)11-16-5-6-16)12-17-10-20(26)25-19(21-17)9-15(3)22-25/h9-10,14,16,18,22H,4-8,11-13H2,1-3H3. The summed E-state index contributed by atoms with van der Waals surface area (Å²) in [5.74, 6) is 1.58. The number of nitrogens with zero attached hydrogens (tertiary/aromatic N) is 4. The van der Waals surface area contributed by atoms with Gasteiger partial charge in [-0.25, -0.2) is 9.50 Å². The molecule has 2 aliphatic rings. The third kappa shape index (κ3) is 3.86. The van der Waals surface area contributed by atoms with Gasteiger partial charge in [-0.05, 0) is 51.1 Å². The lowest BCUT2D eigenvalue weighted by molar-refractivity contribution is 0.131. The van der Waals surface area contributed by atoms with E-state index < -0.39 is 0 Å². The van der Waals surface area contributed by atoms with Crippen molar-refractivity contribution in [2.75, 3.05) is 26.2 Å². The van der Waals surface area contributed by atoms with E-state index in [0.29, 0.717) is 12.0 Å². The van der Waals surface area contributed by atoms with Crippen molar-refractivity contribution in [1.82, 2.24) is 24.4 Å². The zero-order chi connectivity index (χ0) is 18.3. The normalized spacial score (nSPS) is 23.0. The molecule has 1 aliphatic heterocycles. The minimum absolute atomic E-state index is 0.0244. The number of hydrogen-bond acceptors (Lipinski definition) is 4. The molecule has 2 aromatic heterocycles. The average Bonchev–Trinajstić information content (AvgIpc) is 3.33. The Morgan fingerprint density at radius 2 is 2.08 bits per heavy atom. The monoisotopic (exact) mass is 357 g/mol. The summed E-state index contributed by atoms with van der Waals surface area (Å²) < 4.78 is 1.52. The smallest absolute Gasteiger partial charge is 0.272 e. The Labute approximate surface area is 155 Å². The van der Waals surface area contributed by atoms with Crippen LogP contribution < -0.4 is 5.56 Å². The van der Waals surface area contributed by atoms with Crippen LogP contribution in [0.2, 0.25) is 0 Å². The minimum atomic E-state index is -0.0244. The van der Waals surface area contributed by atoms with E-state index in [9.17, 15) is 4.79 Å². The molecule has 1 saturated carbocycles. The molecule has 1 atom stereocenters. The fourth-order valence-electron chi connectivity index (χ4n) is 4.24. The van der Waals surface area contributed by atoms with Crippen LogP contribution in [0, 0.1) is 18.8 Å². The lowest BCUT2D eigenvalue weighted by atomic mass is 10.0. The molecule has 1 unspecified atom stereocenters. The molecule has 1 aliphatic carbocycles. The number of aromatic amines is 1. The molecule has 142 valence electrons. The number of aromatic nitrogens is 3. The third-order valence-corrected chi connectivity index (χ3v) is 5.81. The fraction of sp³-hybridized carbons (Fsp3) is 0.700. The van der Waals surface area contributed by atoms with Crippen molar-refractivity contribution < 1.29 is 0 Å². The predicted molar refractivity (Wildman–Crippen MR) is 103 cm³/mol. The van der Waals surface area contributed by atoms with E-state index in [2.05, 4.69) is 28.7 Å². The maximum atomic E-state index is 12.3. The molecule has 0 bridgehead atoms. The molecule has 26 heavy (non-hydrogen) atoms. The zero-order valence-electron chi connectivity index (χ0n) is 16.2. The van der Waals surface area contributed by atoms with Gasteiger partial charge in [-0.2, -0.15) is 0 Å². The average molecular weight is 358 g/mol. The molecule has 6 heteroatoms. The van der Waals surface area contributed by atoms with Gasteiger partial charge in [-0.15, -0.1) is 0 Å². The molecule has 6 nitrogen and oxygen atoms in total. The Morgan fingerprint density at radius 3 is 2.81 bits per heavy atom. The highest BCUT2D eigenvalue weighted by atomic mass is 16.1. The first kappa shape index (κ1) is 17.7. The first-order valence-corrected chi connectivity index (χ1v) is 10.0. The van der Waals surface area contributed by atoms with E-state index in [1.54, 1.807) is 6.07 Å². The second-order valence-electron chi connectivity index (χ2n) is 8.56. The maximum absolute atomic E-state index is 12.3. The van der Waals surface area contributed by atoms with Crippen LogP contribution in [-0.4, -0.2) is 56.6 Å². The van der Waals surface area contributed by atoms with Crippen molar-refractivity contribution in [3.05, 3.63) is 33.9 Å². The molecular formula is C20H31N5O. The first-order valence-electron chi connectivity index (χ1n) is 10.0. The first-order chi connectivity index (χ1) is 12.5. The summed E-state index contributed by atoms with van der Waals surface area (Å²) in [7, 11) is 0. The van der Waals surface area contributed by atoms with Crippen molar-refractivity contribution in [3.8, 4) is 0 Å². The number of H-pyrrole nitrogens is 1. The van der Waals surface area contributed by atoms with Crippen LogP contribution in [0.25, 0.3) is 5.65 Å². The fourth-order valence-corrected chi connectivity index (χ4v) is 4.24. The van der Waals surface area contributed by atoms with Gasteiger partial charge >= 0.3 is 0 Å². The summed E-state index contributed by atoms with van der Waals surface area (Å²) in [5.41, 5.74) is 2.53. The quantitative estimate of drug-likeness (QED) is 0.892. The molecule has 1 saturated heterocycles. The zero-order valence-corrected chi connectivity index (χ0v) is 16.2. The molecule has 0 amide bonds. The summed E-state index contributed by atoms with van der Waals surface area (Å²) in [6, 6.07) is 4.21. The minimum Gasteiger partial charge on any atom is -0.299 e. The summed E-state index contributed by atoms with van der Waals surface area (Å²) in [4.78, 5) is 22.3. The van der Waals surface area contributed by atoms with Crippen molar-refractivity contribution in [2.24, 2.45) is 11.8 Å². The van der Waals surface area contributed by atoms with E-state index in [4.69, 9.17) is 4.98 Å². The predicted octanol–water partition coefficient (Wildman–Crippen LogP) is 2.27. The second kappa shape index (κ2) is 7.16. The van der Waals surface area contributed by atoms with Gasteiger partial charge in [-0.1, -0.05) is 13.8 Å².